The van der Waals surface area contributed by atoms with Gasteiger partial charge < -0.3 is 9.84 Å². The first-order valence-corrected chi connectivity index (χ1v) is 6.11. The third kappa shape index (κ3) is 2.28. The van der Waals surface area contributed by atoms with Gasteiger partial charge in [-0.25, -0.2) is 0 Å². The standard InChI is InChI=1S/C12H21N3O/c1-4-12-11(10(3)16-14-12)8-15-6-5-13-7-9(15)2/h9,13H,4-8H2,1-3H3/t9-/m0/s1. The lowest BCUT2D eigenvalue weighted by atomic mass is 10.1. The van der Waals surface area contributed by atoms with Crippen LogP contribution in [-0.2, 0) is 13.0 Å². The number of hydrogen-bond donors (Lipinski definition) is 1. The number of aromatic nitrogens is 1. The Kier molecular flexibility index (Phi) is 3.61. The molecule has 1 aromatic heterocycles. The molecular weight excluding hydrogens is 202 g/mol. The van der Waals surface area contributed by atoms with Gasteiger partial charge in [-0.2, -0.15) is 0 Å². The SMILES string of the molecule is CCc1noc(C)c1CN1CCNC[C@@H]1C. The second-order valence-electron chi connectivity index (χ2n) is 4.54. The van der Waals surface area contributed by atoms with Crippen LogP contribution in [0.5, 0.6) is 0 Å². The molecular formula is C12H21N3O. The zero-order chi connectivity index (χ0) is 11.5. The van der Waals surface area contributed by atoms with Crippen LogP contribution in [0.15, 0.2) is 4.52 Å². The Morgan fingerprint density at radius 3 is 3.06 bits per heavy atom. The van der Waals surface area contributed by atoms with Gasteiger partial charge in [-0.3, -0.25) is 4.90 Å². The minimum atomic E-state index is 0.591. The molecule has 0 aromatic carbocycles. The molecule has 0 unspecified atom stereocenters. The average Bonchev–Trinajstić information content (AvgIpc) is 2.63. The Morgan fingerprint density at radius 2 is 2.38 bits per heavy atom. The predicted molar refractivity (Wildman–Crippen MR) is 63.4 cm³/mol. The predicted octanol–water partition coefficient (Wildman–Crippen LogP) is 1.34. The molecule has 4 nitrogen and oxygen atoms in total. The first-order chi connectivity index (χ1) is 7.72. The molecule has 1 aliphatic heterocycles. The molecule has 0 aliphatic carbocycles. The highest BCUT2D eigenvalue weighted by Gasteiger charge is 2.21. The summed E-state index contributed by atoms with van der Waals surface area (Å²) in [4.78, 5) is 2.50. The van der Waals surface area contributed by atoms with Gasteiger partial charge in [0, 0.05) is 37.8 Å². The van der Waals surface area contributed by atoms with E-state index in [2.05, 4.69) is 29.2 Å². The lowest BCUT2D eigenvalue weighted by Crippen LogP contribution is -2.49. The first kappa shape index (κ1) is 11.6. The summed E-state index contributed by atoms with van der Waals surface area (Å²) in [6.45, 7) is 10.6. The lowest BCUT2D eigenvalue weighted by molar-refractivity contribution is 0.164. The van der Waals surface area contributed by atoms with Crippen molar-refractivity contribution in [3.8, 4) is 0 Å². The van der Waals surface area contributed by atoms with Gasteiger partial charge in [-0.15, -0.1) is 0 Å². The molecule has 1 saturated heterocycles. The molecule has 0 saturated carbocycles. The minimum absolute atomic E-state index is 0.591. The van der Waals surface area contributed by atoms with E-state index in [-0.39, 0.29) is 0 Å². The highest BCUT2D eigenvalue weighted by molar-refractivity contribution is 5.22. The van der Waals surface area contributed by atoms with Crippen molar-refractivity contribution in [1.29, 1.82) is 0 Å². The normalized spacial score (nSPS) is 22.6. The number of nitrogens with zero attached hydrogens (tertiary/aromatic N) is 2. The maximum Gasteiger partial charge on any atom is 0.138 e. The van der Waals surface area contributed by atoms with E-state index in [4.69, 9.17) is 4.52 Å². The molecule has 1 aromatic rings. The number of piperazine rings is 1. The van der Waals surface area contributed by atoms with E-state index in [1.165, 1.54) is 5.56 Å². The number of nitrogens with one attached hydrogen (secondary N) is 1. The summed E-state index contributed by atoms with van der Waals surface area (Å²) in [5, 5.41) is 7.51. The second kappa shape index (κ2) is 4.97. The molecule has 1 aliphatic rings. The number of aryl methyl sites for hydroxylation is 2. The molecule has 0 spiro atoms. The van der Waals surface area contributed by atoms with Crippen LogP contribution in [-0.4, -0.2) is 35.7 Å². The van der Waals surface area contributed by atoms with Gasteiger partial charge in [0.15, 0.2) is 0 Å². The Bertz CT molecular complexity index is 348. The zero-order valence-corrected chi connectivity index (χ0v) is 10.4. The van der Waals surface area contributed by atoms with Gasteiger partial charge in [0.25, 0.3) is 0 Å². The van der Waals surface area contributed by atoms with Crippen molar-refractivity contribution in [2.45, 2.75) is 39.8 Å². The molecule has 0 bridgehead atoms. The average molecular weight is 223 g/mol. The summed E-state index contributed by atoms with van der Waals surface area (Å²) >= 11 is 0. The Balaban J connectivity index is 2.09. The first-order valence-electron chi connectivity index (χ1n) is 6.11. The minimum Gasteiger partial charge on any atom is -0.361 e. The molecule has 1 atom stereocenters. The maximum atomic E-state index is 5.27. The van der Waals surface area contributed by atoms with Crippen molar-refractivity contribution in [3.63, 3.8) is 0 Å². The maximum absolute atomic E-state index is 5.27. The summed E-state index contributed by atoms with van der Waals surface area (Å²) in [5.74, 6) is 0.975. The largest absolute Gasteiger partial charge is 0.361 e. The summed E-state index contributed by atoms with van der Waals surface area (Å²) in [6, 6.07) is 0.591. The summed E-state index contributed by atoms with van der Waals surface area (Å²) in [5.41, 5.74) is 2.40. The van der Waals surface area contributed by atoms with Crippen LogP contribution in [0.4, 0.5) is 0 Å². The molecule has 0 amide bonds. The topological polar surface area (TPSA) is 41.3 Å². The van der Waals surface area contributed by atoms with Gasteiger partial charge in [-0.05, 0) is 20.3 Å². The lowest BCUT2D eigenvalue weighted by Gasteiger charge is -2.33. The fourth-order valence-electron chi connectivity index (χ4n) is 2.24. The summed E-state index contributed by atoms with van der Waals surface area (Å²) in [7, 11) is 0. The van der Waals surface area contributed by atoms with Gasteiger partial charge >= 0.3 is 0 Å². The van der Waals surface area contributed by atoms with Crippen LogP contribution >= 0.6 is 0 Å². The molecule has 1 fully saturated rings. The molecule has 2 heterocycles. The van der Waals surface area contributed by atoms with Gasteiger partial charge in [0.2, 0.25) is 0 Å². The molecule has 2 rings (SSSR count). The van der Waals surface area contributed by atoms with Crippen LogP contribution < -0.4 is 5.32 Å². The van der Waals surface area contributed by atoms with E-state index in [0.29, 0.717) is 6.04 Å². The fraction of sp³-hybridized carbons (Fsp3) is 0.750. The number of hydrogen-bond acceptors (Lipinski definition) is 4. The zero-order valence-electron chi connectivity index (χ0n) is 10.4. The van der Waals surface area contributed by atoms with Crippen molar-refractivity contribution >= 4 is 0 Å². The van der Waals surface area contributed by atoms with Crippen LogP contribution in [0.2, 0.25) is 0 Å². The van der Waals surface area contributed by atoms with E-state index in [0.717, 1.165) is 44.1 Å². The summed E-state index contributed by atoms with van der Waals surface area (Å²) in [6.07, 6.45) is 0.952. The van der Waals surface area contributed by atoms with E-state index in [9.17, 15) is 0 Å². The molecule has 16 heavy (non-hydrogen) atoms. The molecule has 90 valence electrons. The van der Waals surface area contributed by atoms with Gasteiger partial charge in [-0.1, -0.05) is 12.1 Å². The van der Waals surface area contributed by atoms with Gasteiger partial charge in [0.05, 0.1) is 5.69 Å². The van der Waals surface area contributed by atoms with Crippen molar-refractivity contribution in [1.82, 2.24) is 15.4 Å². The Hall–Kier alpha value is -0.870. The van der Waals surface area contributed by atoms with E-state index < -0.39 is 0 Å². The molecule has 0 radical (unpaired) electrons. The molecule has 1 N–H and O–H groups in total. The van der Waals surface area contributed by atoms with E-state index in [1.807, 2.05) is 6.92 Å². The smallest absolute Gasteiger partial charge is 0.138 e. The van der Waals surface area contributed by atoms with E-state index in [1.54, 1.807) is 0 Å². The fourth-order valence-corrected chi connectivity index (χ4v) is 2.24. The summed E-state index contributed by atoms with van der Waals surface area (Å²) < 4.78 is 5.27. The van der Waals surface area contributed by atoms with Crippen LogP contribution in [0.3, 0.4) is 0 Å². The highest BCUT2D eigenvalue weighted by atomic mass is 16.5. The highest BCUT2D eigenvalue weighted by Crippen LogP contribution is 2.18. The monoisotopic (exact) mass is 223 g/mol. The van der Waals surface area contributed by atoms with Crippen LogP contribution in [0, 0.1) is 6.92 Å². The van der Waals surface area contributed by atoms with Crippen molar-refractivity contribution in [2.75, 3.05) is 19.6 Å². The van der Waals surface area contributed by atoms with Crippen molar-refractivity contribution in [2.24, 2.45) is 0 Å². The third-order valence-corrected chi connectivity index (χ3v) is 3.40. The second-order valence-corrected chi connectivity index (χ2v) is 4.54. The number of rotatable bonds is 3. The van der Waals surface area contributed by atoms with Crippen LogP contribution in [0.1, 0.15) is 30.9 Å². The van der Waals surface area contributed by atoms with Crippen molar-refractivity contribution < 1.29 is 4.52 Å². The van der Waals surface area contributed by atoms with Crippen LogP contribution in [0.25, 0.3) is 0 Å². The molecule has 4 heteroatoms. The third-order valence-electron chi connectivity index (χ3n) is 3.40. The quantitative estimate of drug-likeness (QED) is 0.839. The van der Waals surface area contributed by atoms with Gasteiger partial charge in [0.1, 0.15) is 5.76 Å². The Morgan fingerprint density at radius 1 is 1.56 bits per heavy atom. The van der Waals surface area contributed by atoms with Crippen molar-refractivity contribution in [3.05, 3.63) is 17.0 Å². The Labute approximate surface area is 97.0 Å². The van der Waals surface area contributed by atoms with E-state index >= 15 is 0 Å².